The van der Waals surface area contributed by atoms with E-state index in [0.717, 1.165) is 0 Å². The normalized spacial score (nSPS) is 12.4. The molecule has 1 aromatic rings. The first-order valence-electron chi connectivity index (χ1n) is 6.20. The van der Waals surface area contributed by atoms with Crippen molar-refractivity contribution in [2.75, 3.05) is 32.2 Å². The molecule has 0 fully saturated rings. The van der Waals surface area contributed by atoms with Crippen LogP contribution in [0.3, 0.4) is 0 Å². The van der Waals surface area contributed by atoms with Crippen LogP contribution in [0.4, 0.5) is 5.69 Å². The van der Waals surface area contributed by atoms with Gasteiger partial charge in [-0.25, -0.2) is 4.68 Å². The van der Waals surface area contributed by atoms with Crippen LogP contribution in [0, 0.1) is 0 Å². The summed E-state index contributed by atoms with van der Waals surface area (Å²) in [7, 11) is 1.59. The quantitative estimate of drug-likeness (QED) is 0.780. The lowest BCUT2D eigenvalue weighted by Crippen LogP contribution is -2.27. The van der Waals surface area contributed by atoms with Gasteiger partial charge < -0.3 is 14.8 Å². The van der Waals surface area contributed by atoms with E-state index in [-0.39, 0.29) is 11.7 Å². The second-order valence-corrected chi connectivity index (χ2v) is 4.83. The first-order valence-corrected chi connectivity index (χ1v) is 6.99. The van der Waals surface area contributed by atoms with Gasteiger partial charge in [-0.15, -0.1) is 0 Å². The lowest BCUT2D eigenvalue weighted by molar-refractivity contribution is 0.0855. The largest absolute Gasteiger partial charge is 0.383 e. The van der Waals surface area contributed by atoms with E-state index < -0.39 is 0 Å². The van der Waals surface area contributed by atoms with Crippen molar-refractivity contribution in [3.05, 3.63) is 21.0 Å². The van der Waals surface area contributed by atoms with Crippen LogP contribution < -0.4 is 10.9 Å². The highest BCUT2D eigenvalue weighted by molar-refractivity contribution is 9.10. The molecule has 1 unspecified atom stereocenters. The number of nitrogens with one attached hydrogen (secondary N) is 1. The maximum Gasteiger partial charge on any atom is 0.283 e. The Kier molecular flexibility index (Phi) is 7.04. The van der Waals surface area contributed by atoms with Gasteiger partial charge in [0, 0.05) is 20.3 Å². The summed E-state index contributed by atoms with van der Waals surface area (Å²) in [5.41, 5.74) is 0.497. The SMILES string of the molecule is CCOC(C)CNc1cnn(CCOC)c(=O)c1Br. The zero-order valence-electron chi connectivity index (χ0n) is 11.5. The fraction of sp³-hybridized carbons (Fsp3) is 0.667. The van der Waals surface area contributed by atoms with E-state index in [2.05, 4.69) is 26.3 Å². The topological polar surface area (TPSA) is 65.4 Å². The number of rotatable bonds is 8. The Morgan fingerprint density at radius 2 is 2.32 bits per heavy atom. The van der Waals surface area contributed by atoms with Gasteiger partial charge in [0.15, 0.2) is 0 Å². The molecular weight excluding hydrogens is 314 g/mol. The molecule has 108 valence electrons. The van der Waals surface area contributed by atoms with E-state index in [1.54, 1.807) is 13.3 Å². The zero-order valence-corrected chi connectivity index (χ0v) is 13.1. The first-order chi connectivity index (χ1) is 9.10. The summed E-state index contributed by atoms with van der Waals surface area (Å²) < 4.78 is 12.2. The molecule has 0 aromatic carbocycles. The number of methoxy groups -OCH3 is 1. The third-order valence-corrected chi connectivity index (χ3v) is 3.29. The Labute approximate surface area is 121 Å². The van der Waals surface area contributed by atoms with Crippen LogP contribution in [0.25, 0.3) is 0 Å². The van der Waals surface area contributed by atoms with Crippen LogP contribution >= 0.6 is 15.9 Å². The van der Waals surface area contributed by atoms with E-state index in [0.29, 0.717) is 36.5 Å². The fourth-order valence-corrected chi connectivity index (χ4v) is 1.97. The highest BCUT2D eigenvalue weighted by Crippen LogP contribution is 2.16. The molecule has 0 spiro atoms. The summed E-state index contributed by atoms with van der Waals surface area (Å²) in [4.78, 5) is 12.0. The second-order valence-electron chi connectivity index (χ2n) is 4.04. The van der Waals surface area contributed by atoms with Crippen molar-refractivity contribution in [2.45, 2.75) is 26.5 Å². The van der Waals surface area contributed by atoms with Crippen LogP contribution in [0.2, 0.25) is 0 Å². The predicted octanol–water partition coefficient (Wildman–Crippen LogP) is 1.49. The van der Waals surface area contributed by atoms with Crippen molar-refractivity contribution in [1.82, 2.24) is 9.78 Å². The van der Waals surface area contributed by atoms with E-state index in [1.165, 1.54) is 4.68 Å². The average molecular weight is 334 g/mol. The van der Waals surface area contributed by atoms with Crippen molar-refractivity contribution in [2.24, 2.45) is 0 Å². The van der Waals surface area contributed by atoms with Crippen molar-refractivity contribution in [1.29, 1.82) is 0 Å². The summed E-state index contributed by atoms with van der Waals surface area (Å²) in [5, 5.41) is 7.23. The van der Waals surface area contributed by atoms with Crippen LogP contribution in [-0.2, 0) is 16.0 Å². The standard InChI is InChI=1S/C12H20BrN3O3/c1-4-19-9(2)7-14-10-8-15-16(5-6-18-3)12(17)11(10)13/h8-9,14H,4-7H2,1-3H3. The molecule has 19 heavy (non-hydrogen) atoms. The molecule has 0 aliphatic heterocycles. The molecule has 1 N–H and O–H groups in total. The van der Waals surface area contributed by atoms with Crippen molar-refractivity contribution < 1.29 is 9.47 Å². The Balaban J connectivity index is 2.71. The van der Waals surface area contributed by atoms with Crippen molar-refractivity contribution in [3.8, 4) is 0 Å². The van der Waals surface area contributed by atoms with Crippen LogP contribution in [-0.4, -0.2) is 42.8 Å². The van der Waals surface area contributed by atoms with Crippen LogP contribution in [0.15, 0.2) is 15.5 Å². The Morgan fingerprint density at radius 3 is 2.95 bits per heavy atom. The lowest BCUT2D eigenvalue weighted by atomic mass is 10.3. The number of anilines is 1. The average Bonchev–Trinajstić information content (AvgIpc) is 2.40. The maximum atomic E-state index is 12.0. The highest BCUT2D eigenvalue weighted by Gasteiger charge is 2.09. The van der Waals surface area contributed by atoms with Gasteiger partial charge in [0.25, 0.3) is 5.56 Å². The lowest BCUT2D eigenvalue weighted by Gasteiger charge is -2.14. The fourth-order valence-electron chi connectivity index (χ4n) is 1.52. The number of nitrogens with zero attached hydrogens (tertiary/aromatic N) is 2. The molecule has 0 saturated carbocycles. The maximum absolute atomic E-state index is 12.0. The van der Waals surface area contributed by atoms with Gasteiger partial charge in [-0.1, -0.05) is 0 Å². The third-order valence-electron chi connectivity index (χ3n) is 2.52. The monoisotopic (exact) mass is 333 g/mol. The number of halogens is 1. The zero-order chi connectivity index (χ0) is 14.3. The van der Waals surface area contributed by atoms with E-state index in [4.69, 9.17) is 9.47 Å². The van der Waals surface area contributed by atoms with Gasteiger partial charge in [-0.3, -0.25) is 4.79 Å². The highest BCUT2D eigenvalue weighted by atomic mass is 79.9. The number of aromatic nitrogens is 2. The van der Waals surface area contributed by atoms with Crippen molar-refractivity contribution in [3.63, 3.8) is 0 Å². The Bertz CT molecular complexity index is 450. The number of hydrogen-bond donors (Lipinski definition) is 1. The molecule has 6 nitrogen and oxygen atoms in total. The second kappa shape index (κ2) is 8.29. The van der Waals surface area contributed by atoms with Crippen LogP contribution in [0.1, 0.15) is 13.8 Å². The molecular formula is C12H20BrN3O3. The van der Waals surface area contributed by atoms with E-state index in [9.17, 15) is 4.79 Å². The molecule has 1 heterocycles. The van der Waals surface area contributed by atoms with Gasteiger partial charge in [0.05, 0.1) is 31.1 Å². The predicted molar refractivity (Wildman–Crippen MR) is 77.7 cm³/mol. The Hall–Kier alpha value is -0.920. The van der Waals surface area contributed by atoms with Gasteiger partial charge in [0.2, 0.25) is 0 Å². The molecule has 0 aliphatic carbocycles. The summed E-state index contributed by atoms with van der Waals surface area (Å²) in [5.74, 6) is 0. The number of ether oxygens (including phenoxy) is 2. The summed E-state index contributed by atoms with van der Waals surface area (Å²) in [6, 6.07) is 0. The van der Waals surface area contributed by atoms with Gasteiger partial charge in [-0.2, -0.15) is 5.10 Å². The molecule has 0 amide bonds. The molecule has 1 aromatic heterocycles. The van der Waals surface area contributed by atoms with E-state index >= 15 is 0 Å². The summed E-state index contributed by atoms with van der Waals surface area (Å²) >= 11 is 3.29. The molecule has 0 aliphatic rings. The van der Waals surface area contributed by atoms with Gasteiger partial charge in [-0.05, 0) is 29.8 Å². The van der Waals surface area contributed by atoms with Crippen LogP contribution in [0.5, 0.6) is 0 Å². The minimum Gasteiger partial charge on any atom is -0.383 e. The smallest absolute Gasteiger partial charge is 0.283 e. The molecule has 7 heteroatoms. The minimum atomic E-state index is -0.175. The molecule has 1 rings (SSSR count). The van der Waals surface area contributed by atoms with Gasteiger partial charge in [0.1, 0.15) is 4.47 Å². The van der Waals surface area contributed by atoms with Crippen molar-refractivity contribution >= 4 is 21.6 Å². The number of hydrogen-bond acceptors (Lipinski definition) is 5. The molecule has 1 atom stereocenters. The first kappa shape index (κ1) is 16.1. The Morgan fingerprint density at radius 1 is 1.58 bits per heavy atom. The third kappa shape index (κ3) is 4.93. The molecule has 0 bridgehead atoms. The molecule has 0 radical (unpaired) electrons. The van der Waals surface area contributed by atoms with Gasteiger partial charge >= 0.3 is 0 Å². The minimum absolute atomic E-state index is 0.0767. The summed E-state index contributed by atoms with van der Waals surface area (Å²) in [6.07, 6.45) is 1.70. The van der Waals surface area contributed by atoms with E-state index in [1.807, 2.05) is 13.8 Å². The summed E-state index contributed by atoms with van der Waals surface area (Å²) in [6.45, 7) is 6.09. The molecule has 0 saturated heterocycles.